The van der Waals surface area contributed by atoms with E-state index in [-0.39, 0.29) is 29.4 Å². The number of nitrogens with zero attached hydrogens (tertiary/aromatic N) is 6. The van der Waals surface area contributed by atoms with E-state index in [1.807, 2.05) is 52.0 Å². The minimum absolute atomic E-state index is 0.0478. The monoisotopic (exact) mass is 398 g/mol. The van der Waals surface area contributed by atoms with Gasteiger partial charge in [-0.05, 0) is 59.9 Å². The molecule has 0 radical (unpaired) electrons. The number of aromatic nitrogens is 5. The van der Waals surface area contributed by atoms with Crippen LogP contribution in [-0.4, -0.2) is 43.5 Å². The number of nitrogen functional groups attached to an aromatic ring is 1. The number of amides is 1. The molecule has 3 aromatic rings. The van der Waals surface area contributed by atoms with E-state index >= 15 is 0 Å². The largest absolute Gasteiger partial charge is 0.491 e. The van der Waals surface area contributed by atoms with Crippen molar-refractivity contribution in [3.05, 3.63) is 41.2 Å². The molecule has 11 nitrogen and oxygen atoms in total. The lowest BCUT2D eigenvalue weighted by atomic mass is 10.1. The zero-order valence-corrected chi connectivity index (χ0v) is 16.5. The van der Waals surface area contributed by atoms with Crippen molar-refractivity contribution >= 4 is 17.9 Å². The first-order valence-electron chi connectivity index (χ1n) is 9.01. The maximum atomic E-state index is 12.6. The summed E-state index contributed by atoms with van der Waals surface area (Å²) in [7, 11) is 0. The van der Waals surface area contributed by atoms with E-state index in [4.69, 9.17) is 10.5 Å². The molecule has 29 heavy (non-hydrogen) atoms. The molecule has 152 valence electrons. The highest BCUT2D eigenvalue weighted by Gasteiger charge is 2.25. The maximum Gasteiger partial charge on any atom is 0.293 e. The number of benzene rings is 1. The summed E-state index contributed by atoms with van der Waals surface area (Å²) < 4.78 is 11.5. The second kappa shape index (κ2) is 8.50. The molecule has 0 saturated heterocycles. The van der Waals surface area contributed by atoms with Crippen LogP contribution in [0.1, 0.15) is 55.4 Å². The lowest BCUT2D eigenvalue weighted by Crippen LogP contribution is -2.21. The molecule has 1 aromatic carbocycles. The third kappa shape index (κ3) is 4.57. The number of hydrazone groups is 1. The predicted octanol–water partition coefficient (Wildman–Crippen LogP) is 1.91. The predicted molar refractivity (Wildman–Crippen MR) is 105 cm³/mol. The van der Waals surface area contributed by atoms with Crippen molar-refractivity contribution in [2.75, 3.05) is 5.73 Å². The molecule has 2 aromatic heterocycles. The fourth-order valence-corrected chi connectivity index (χ4v) is 2.59. The molecule has 11 heteroatoms. The smallest absolute Gasteiger partial charge is 0.293 e. The number of carbonyl (C=O) groups is 1. The first-order valence-corrected chi connectivity index (χ1v) is 9.01. The van der Waals surface area contributed by atoms with Gasteiger partial charge < -0.3 is 10.5 Å². The molecule has 0 atom stereocenters. The Kier molecular flexibility index (Phi) is 5.86. The van der Waals surface area contributed by atoms with Crippen LogP contribution in [-0.2, 0) is 0 Å². The van der Waals surface area contributed by atoms with Crippen molar-refractivity contribution in [1.29, 1.82) is 0 Å². The van der Waals surface area contributed by atoms with Gasteiger partial charge in [0.1, 0.15) is 5.75 Å². The summed E-state index contributed by atoms with van der Waals surface area (Å²) in [6, 6.07) is 7.34. The molecule has 0 aliphatic heterocycles. The summed E-state index contributed by atoms with van der Waals surface area (Å²) in [5.41, 5.74) is 9.60. The molecule has 0 aliphatic rings. The molecule has 3 N–H and O–H groups in total. The highest BCUT2D eigenvalue weighted by Crippen LogP contribution is 2.22. The van der Waals surface area contributed by atoms with Crippen molar-refractivity contribution in [3.8, 4) is 11.6 Å². The lowest BCUT2D eigenvalue weighted by Gasteiger charge is -2.09. The Balaban J connectivity index is 1.73. The Morgan fingerprint density at radius 2 is 1.97 bits per heavy atom. The van der Waals surface area contributed by atoms with Crippen LogP contribution >= 0.6 is 0 Å². The van der Waals surface area contributed by atoms with Crippen molar-refractivity contribution < 1.29 is 14.2 Å². The highest BCUT2D eigenvalue weighted by molar-refractivity contribution is 5.94. The zero-order valence-electron chi connectivity index (χ0n) is 16.5. The molecule has 0 spiro atoms. The van der Waals surface area contributed by atoms with E-state index in [2.05, 4.69) is 35.8 Å². The number of nitrogens with one attached hydrogen (secondary N) is 1. The average Bonchev–Trinajstić information content (AvgIpc) is 3.28. The molecule has 0 saturated carbocycles. The van der Waals surface area contributed by atoms with Gasteiger partial charge in [0.15, 0.2) is 5.69 Å². The first-order chi connectivity index (χ1) is 13.9. The van der Waals surface area contributed by atoms with Crippen LogP contribution < -0.4 is 15.9 Å². The van der Waals surface area contributed by atoms with Gasteiger partial charge in [0, 0.05) is 0 Å². The summed E-state index contributed by atoms with van der Waals surface area (Å²) in [5, 5.41) is 19.1. The van der Waals surface area contributed by atoms with Crippen molar-refractivity contribution in [2.45, 2.75) is 39.7 Å². The van der Waals surface area contributed by atoms with Gasteiger partial charge in [0.2, 0.25) is 11.6 Å². The topological polar surface area (TPSA) is 146 Å². The standard InChI is InChI=1S/C18H22N8O3/c1-10(2)15-14(21-25-26(15)17-16(19)23-29-24-17)18(27)22-20-9-12-5-7-13(8-6-12)28-11(3)4/h5-11H,1-4H3,(H2,19,23)(H,22,27). The number of carbonyl (C=O) groups excluding carboxylic acids is 1. The number of hydrogen-bond donors (Lipinski definition) is 2. The molecule has 0 aliphatic carbocycles. The highest BCUT2D eigenvalue weighted by atomic mass is 16.6. The van der Waals surface area contributed by atoms with Crippen LogP contribution in [0.15, 0.2) is 34.0 Å². The van der Waals surface area contributed by atoms with Gasteiger partial charge in [0.05, 0.1) is 18.0 Å². The van der Waals surface area contributed by atoms with Gasteiger partial charge in [-0.2, -0.15) is 9.78 Å². The van der Waals surface area contributed by atoms with Gasteiger partial charge in [0.25, 0.3) is 5.91 Å². The Morgan fingerprint density at radius 3 is 2.55 bits per heavy atom. The normalized spacial score (nSPS) is 11.5. The molecule has 3 rings (SSSR count). The number of nitrogens with two attached hydrogens (primary N) is 1. The number of rotatable bonds is 7. The van der Waals surface area contributed by atoms with Crippen LogP contribution in [0.4, 0.5) is 5.82 Å². The van der Waals surface area contributed by atoms with Crippen LogP contribution in [0.5, 0.6) is 5.75 Å². The van der Waals surface area contributed by atoms with Crippen molar-refractivity contribution in [3.63, 3.8) is 0 Å². The second-order valence-corrected chi connectivity index (χ2v) is 6.80. The summed E-state index contributed by atoms with van der Waals surface area (Å²) in [5.74, 6) is 0.380. The lowest BCUT2D eigenvalue weighted by molar-refractivity contribution is 0.0948. The third-order valence-electron chi connectivity index (χ3n) is 3.79. The van der Waals surface area contributed by atoms with E-state index in [1.165, 1.54) is 10.9 Å². The van der Waals surface area contributed by atoms with Crippen LogP contribution in [0.25, 0.3) is 5.82 Å². The van der Waals surface area contributed by atoms with E-state index in [9.17, 15) is 4.79 Å². The average molecular weight is 398 g/mol. The minimum Gasteiger partial charge on any atom is -0.491 e. The SMILES string of the molecule is CC(C)Oc1ccc(C=NNC(=O)c2nnn(-c3nonc3N)c2C(C)C)cc1. The first kappa shape index (κ1) is 20.0. The zero-order chi connectivity index (χ0) is 21.0. The molecule has 1 amide bonds. The summed E-state index contributed by atoms with van der Waals surface area (Å²) in [4.78, 5) is 12.6. The van der Waals surface area contributed by atoms with E-state index < -0.39 is 5.91 Å². The van der Waals surface area contributed by atoms with Gasteiger partial charge in [-0.1, -0.05) is 19.1 Å². The Morgan fingerprint density at radius 1 is 1.24 bits per heavy atom. The Hall–Kier alpha value is -3.76. The van der Waals surface area contributed by atoms with Gasteiger partial charge >= 0.3 is 0 Å². The molecule has 0 unspecified atom stereocenters. The Bertz CT molecular complexity index is 1000. The molecule has 0 fully saturated rings. The summed E-state index contributed by atoms with van der Waals surface area (Å²) in [6.07, 6.45) is 1.62. The van der Waals surface area contributed by atoms with Crippen molar-refractivity contribution in [1.82, 2.24) is 30.7 Å². The molecular formula is C18H22N8O3. The van der Waals surface area contributed by atoms with Gasteiger partial charge in [-0.15, -0.1) is 5.10 Å². The summed E-state index contributed by atoms with van der Waals surface area (Å²) in [6.45, 7) is 7.69. The van der Waals surface area contributed by atoms with E-state index in [0.717, 1.165) is 11.3 Å². The third-order valence-corrected chi connectivity index (χ3v) is 3.79. The van der Waals surface area contributed by atoms with E-state index in [1.54, 1.807) is 0 Å². The Labute approximate surface area is 166 Å². The fraction of sp³-hybridized carbons (Fsp3) is 0.333. The molecular weight excluding hydrogens is 376 g/mol. The summed E-state index contributed by atoms with van der Waals surface area (Å²) >= 11 is 0. The fourth-order valence-electron chi connectivity index (χ4n) is 2.59. The van der Waals surface area contributed by atoms with Crippen LogP contribution in [0, 0.1) is 0 Å². The maximum absolute atomic E-state index is 12.6. The number of hydrogen-bond acceptors (Lipinski definition) is 9. The second-order valence-electron chi connectivity index (χ2n) is 6.80. The van der Waals surface area contributed by atoms with Crippen LogP contribution in [0.2, 0.25) is 0 Å². The van der Waals surface area contributed by atoms with Gasteiger partial charge in [-0.25, -0.2) is 10.1 Å². The van der Waals surface area contributed by atoms with E-state index in [0.29, 0.717) is 5.69 Å². The van der Waals surface area contributed by atoms with Crippen molar-refractivity contribution in [2.24, 2.45) is 5.10 Å². The van der Waals surface area contributed by atoms with Gasteiger partial charge in [-0.3, -0.25) is 4.79 Å². The molecule has 2 heterocycles. The van der Waals surface area contributed by atoms with Crippen LogP contribution in [0.3, 0.4) is 0 Å². The number of ether oxygens (including phenoxy) is 1. The minimum atomic E-state index is -0.508. The quantitative estimate of drug-likeness (QED) is 0.453. The molecule has 0 bridgehead atoms. The number of anilines is 1.